The maximum absolute atomic E-state index is 14.3. The molecule has 0 saturated carbocycles. The van der Waals surface area contributed by atoms with E-state index in [9.17, 15) is 22.8 Å². The normalized spacial score (nSPS) is 23.0. The molecule has 2 aliphatic heterocycles. The first kappa shape index (κ1) is 20.2. The van der Waals surface area contributed by atoms with Gasteiger partial charge in [0, 0.05) is 25.2 Å². The number of nitrogens with one attached hydrogen (secondary N) is 1. The molecule has 2 aliphatic rings. The molecule has 3 rings (SSSR count). The van der Waals surface area contributed by atoms with Crippen molar-refractivity contribution in [1.82, 2.24) is 10.2 Å². The largest absolute Gasteiger partial charge is 0.462 e. The van der Waals surface area contributed by atoms with Gasteiger partial charge in [-0.05, 0) is 32.3 Å². The Kier molecular flexibility index (Phi) is 5.41. The molecule has 0 spiro atoms. The van der Waals surface area contributed by atoms with E-state index in [0.717, 1.165) is 18.4 Å². The number of hydrogen-bond donors (Lipinski definition) is 1. The maximum Gasteiger partial charge on any atom is 0.416 e. The molecular formula is C20H23F3N2O3. The molecule has 1 unspecified atom stereocenters. The lowest BCUT2D eigenvalue weighted by atomic mass is 9.80. The number of aryl methyl sites for hydroxylation is 1. The second-order valence-electron chi connectivity index (χ2n) is 7.14. The molecule has 28 heavy (non-hydrogen) atoms. The summed E-state index contributed by atoms with van der Waals surface area (Å²) in [4.78, 5) is 26.9. The van der Waals surface area contributed by atoms with Crippen LogP contribution in [0.2, 0.25) is 0 Å². The summed E-state index contributed by atoms with van der Waals surface area (Å²) in [6.07, 6.45) is -3.70. The van der Waals surface area contributed by atoms with Crippen molar-refractivity contribution in [3.63, 3.8) is 0 Å². The van der Waals surface area contributed by atoms with Crippen molar-refractivity contribution in [3.8, 4) is 0 Å². The monoisotopic (exact) mass is 396 g/mol. The van der Waals surface area contributed by atoms with Gasteiger partial charge in [-0.25, -0.2) is 4.79 Å². The van der Waals surface area contributed by atoms with Gasteiger partial charge in [-0.3, -0.25) is 4.79 Å². The van der Waals surface area contributed by atoms with Gasteiger partial charge in [0.25, 0.3) is 5.91 Å². The third kappa shape index (κ3) is 3.47. The molecule has 0 bridgehead atoms. The van der Waals surface area contributed by atoms with Crippen molar-refractivity contribution in [2.45, 2.75) is 44.8 Å². The number of amides is 1. The number of ether oxygens (including phenoxy) is 1. The molecule has 1 aromatic carbocycles. The van der Waals surface area contributed by atoms with Crippen LogP contribution in [0.3, 0.4) is 0 Å². The second-order valence-corrected chi connectivity index (χ2v) is 7.14. The summed E-state index contributed by atoms with van der Waals surface area (Å²) < 4.78 is 47.9. The van der Waals surface area contributed by atoms with Gasteiger partial charge in [0.1, 0.15) is 5.57 Å². The molecule has 1 saturated heterocycles. The molecule has 0 aliphatic carbocycles. The molecule has 1 amide bonds. The Balaban J connectivity index is 2.16. The minimum atomic E-state index is -4.75. The van der Waals surface area contributed by atoms with E-state index in [2.05, 4.69) is 5.32 Å². The Hall–Kier alpha value is -2.51. The quantitative estimate of drug-likeness (QED) is 0.627. The summed E-state index contributed by atoms with van der Waals surface area (Å²) in [6.45, 7) is 4.41. The van der Waals surface area contributed by atoms with Gasteiger partial charge >= 0.3 is 12.1 Å². The standard InChI is InChI=1S/C20H23F3N2O3/c1-3-28-18(27)16-15(25-10-4-5-11-25)12-19(20(21,22)23,24-17(16)26)14-8-6-13(2)7-9-14/h6-9H,3-5,10-12H2,1-2H3,(H,24,26). The average molecular weight is 396 g/mol. The van der Waals surface area contributed by atoms with Crippen LogP contribution in [0.5, 0.6) is 0 Å². The number of carbonyl (C=O) groups is 2. The molecule has 152 valence electrons. The topological polar surface area (TPSA) is 58.6 Å². The van der Waals surface area contributed by atoms with Crippen LogP contribution < -0.4 is 5.32 Å². The zero-order valence-electron chi connectivity index (χ0n) is 15.9. The lowest BCUT2D eigenvalue weighted by molar-refractivity contribution is -0.205. The molecule has 0 radical (unpaired) electrons. The fraction of sp³-hybridized carbons (Fsp3) is 0.500. The van der Waals surface area contributed by atoms with Gasteiger partial charge in [0.2, 0.25) is 0 Å². The van der Waals surface area contributed by atoms with Crippen LogP contribution in [0.25, 0.3) is 0 Å². The van der Waals surface area contributed by atoms with Crippen LogP contribution in [0.4, 0.5) is 13.2 Å². The van der Waals surface area contributed by atoms with Gasteiger partial charge in [0.15, 0.2) is 5.54 Å². The van der Waals surface area contributed by atoms with Gasteiger partial charge < -0.3 is 15.0 Å². The Morgan fingerprint density at radius 2 is 1.82 bits per heavy atom. The van der Waals surface area contributed by atoms with E-state index >= 15 is 0 Å². The first-order chi connectivity index (χ1) is 13.2. The number of rotatable bonds is 4. The number of nitrogens with zero attached hydrogens (tertiary/aromatic N) is 1. The highest BCUT2D eigenvalue weighted by molar-refractivity contribution is 6.17. The Morgan fingerprint density at radius 1 is 1.21 bits per heavy atom. The SMILES string of the molecule is CCOC(=O)C1=C(N2CCCC2)CC(c2ccc(C)cc2)(C(F)(F)F)NC1=O. The molecule has 0 aromatic heterocycles. The van der Waals surface area contributed by atoms with Crippen molar-refractivity contribution in [2.75, 3.05) is 19.7 Å². The predicted molar refractivity (Wildman–Crippen MR) is 96.1 cm³/mol. The number of alkyl halides is 3. The Bertz CT molecular complexity index is 796. The smallest absolute Gasteiger partial charge is 0.416 e. The zero-order valence-corrected chi connectivity index (χ0v) is 15.9. The maximum atomic E-state index is 14.3. The van der Waals surface area contributed by atoms with E-state index in [4.69, 9.17) is 4.74 Å². The molecular weight excluding hydrogens is 373 g/mol. The van der Waals surface area contributed by atoms with Gasteiger partial charge in [-0.1, -0.05) is 29.8 Å². The number of benzene rings is 1. The van der Waals surface area contributed by atoms with Crippen LogP contribution in [0.1, 0.15) is 37.3 Å². The van der Waals surface area contributed by atoms with Crippen molar-refractivity contribution in [3.05, 3.63) is 46.7 Å². The van der Waals surface area contributed by atoms with Crippen LogP contribution in [-0.4, -0.2) is 42.6 Å². The molecule has 5 nitrogen and oxygen atoms in total. The second kappa shape index (κ2) is 7.48. The number of hydrogen-bond acceptors (Lipinski definition) is 4. The van der Waals surface area contributed by atoms with E-state index in [1.54, 1.807) is 30.9 Å². The highest BCUT2D eigenvalue weighted by atomic mass is 19.4. The van der Waals surface area contributed by atoms with Crippen LogP contribution in [0.15, 0.2) is 35.5 Å². The average Bonchev–Trinajstić information content (AvgIpc) is 3.15. The molecule has 1 fully saturated rings. The number of carbonyl (C=O) groups excluding carboxylic acids is 2. The molecule has 1 aromatic rings. The van der Waals surface area contributed by atoms with E-state index in [1.807, 2.05) is 0 Å². The highest BCUT2D eigenvalue weighted by Crippen LogP contribution is 2.47. The predicted octanol–water partition coefficient (Wildman–Crippen LogP) is 3.19. The van der Waals surface area contributed by atoms with Crippen molar-refractivity contribution in [2.24, 2.45) is 0 Å². The first-order valence-electron chi connectivity index (χ1n) is 9.31. The van der Waals surface area contributed by atoms with Gasteiger partial charge in [-0.15, -0.1) is 0 Å². The fourth-order valence-corrected chi connectivity index (χ4v) is 3.79. The van der Waals surface area contributed by atoms with Crippen molar-refractivity contribution < 1.29 is 27.5 Å². The summed E-state index contributed by atoms with van der Waals surface area (Å²) in [5.41, 5.74) is -2.05. The molecule has 2 heterocycles. The van der Waals surface area contributed by atoms with E-state index < -0.39 is 30.0 Å². The lowest BCUT2D eigenvalue weighted by Crippen LogP contribution is -2.60. The lowest BCUT2D eigenvalue weighted by Gasteiger charge is -2.43. The summed E-state index contributed by atoms with van der Waals surface area (Å²) in [7, 11) is 0. The van der Waals surface area contributed by atoms with E-state index in [0.29, 0.717) is 13.1 Å². The molecule has 8 heteroatoms. The Labute approximate surface area is 161 Å². The molecule has 1 N–H and O–H groups in total. The third-order valence-electron chi connectivity index (χ3n) is 5.27. The van der Waals surface area contributed by atoms with Gasteiger partial charge in [0.05, 0.1) is 6.61 Å². The highest BCUT2D eigenvalue weighted by Gasteiger charge is 2.60. The Morgan fingerprint density at radius 3 is 2.36 bits per heavy atom. The summed E-state index contributed by atoms with van der Waals surface area (Å²) in [5.74, 6) is -1.94. The van der Waals surface area contributed by atoms with Gasteiger partial charge in [-0.2, -0.15) is 13.2 Å². The summed E-state index contributed by atoms with van der Waals surface area (Å²) in [6, 6.07) is 5.91. The van der Waals surface area contributed by atoms with Crippen molar-refractivity contribution in [1.29, 1.82) is 0 Å². The van der Waals surface area contributed by atoms with E-state index in [-0.39, 0.29) is 23.4 Å². The number of likely N-dealkylation sites (tertiary alicyclic amines) is 1. The number of esters is 1. The minimum Gasteiger partial charge on any atom is -0.462 e. The minimum absolute atomic E-state index is 0.0330. The zero-order chi connectivity index (χ0) is 20.5. The van der Waals surface area contributed by atoms with Crippen molar-refractivity contribution >= 4 is 11.9 Å². The van der Waals surface area contributed by atoms with Crippen LogP contribution in [0, 0.1) is 6.92 Å². The molecule has 1 atom stereocenters. The summed E-state index contributed by atoms with van der Waals surface area (Å²) >= 11 is 0. The van der Waals surface area contributed by atoms with Crippen LogP contribution >= 0.6 is 0 Å². The fourth-order valence-electron chi connectivity index (χ4n) is 3.79. The third-order valence-corrected chi connectivity index (χ3v) is 5.27. The summed E-state index contributed by atoms with van der Waals surface area (Å²) in [5, 5.41) is 2.10. The van der Waals surface area contributed by atoms with Crippen LogP contribution in [-0.2, 0) is 19.9 Å². The first-order valence-corrected chi connectivity index (χ1v) is 9.31. The van der Waals surface area contributed by atoms with E-state index in [1.165, 1.54) is 12.1 Å². The number of halogens is 3.